The Morgan fingerprint density at radius 1 is 1.05 bits per heavy atom. The number of allylic oxidation sites excluding steroid dienone is 5. The van der Waals surface area contributed by atoms with Crippen molar-refractivity contribution in [2.75, 3.05) is 6.61 Å². The molecular formula is C20H32O2. The maximum atomic E-state index is 10.5. The predicted octanol–water partition coefficient (Wildman–Crippen LogP) is 4.71. The third kappa shape index (κ3) is 6.76. The minimum atomic E-state index is -0.555. The summed E-state index contributed by atoms with van der Waals surface area (Å²) in [6, 6.07) is 0. The van der Waals surface area contributed by atoms with Gasteiger partial charge in [0.25, 0.3) is 0 Å². The van der Waals surface area contributed by atoms with E-state index in [0.717, 1.165) is 44.1 Å². The van der Waals surface area contributed by atoms with Gasteiger partial charge >= 0.3 is 0 Å². The molecule has 0 aromatic heterocycles. The fourth-order valence-electron chi connectivity index (χ4n) is 2.90. The van der Waals surface area contributed by atoms with Gasteiger partial charge in [0.2, 0.25) is 0 Å². The van der Waals surface area contributed by atoms with Crippen molar-refractivity contribution in [3.63, 3.8) is 0 Å². The topological polar surface area (TPSA) is 40.5 Å². The quantitative estimate of drug-likeness (QED) is 0.726. The monoisotopic (exact) mass is 304 g/mol. The molecule has 0 heterocycles. The molecule has 1 aliphatic rings. The number of hydrogen-bond donors (Lipinski definition) is 2. The van der Waals surface area contributed by atoms with Crippen molar-refractivity contribution in [1.82, 2.24) is 0 Å². The lowest BCUT2D eigenvalue weighted by Crippen LogP contribution is -2.22. The Morgan fingerprint density at radius 3 is 2.18 bits per heavy atom. The van der Waals surface area contributed by atoms with Gasteiger partial charge < -0.3 is 10.2 Å². The number of hydrogen-bond acceptors (Lipinski definition) is 2. The molecule has 1 rings (SSSR count). The van der Waals surface area contributed by atoms with Crippen LogP contribution in [-0.4, -0.2) is 22.9 Å². The highest BCUT2D eigenvalue weighted by Crippen LogP contribution is 2.25. The maximum Gasteiger partial charge on any atom is 0.0789 e. The lowest BCUT2D eigenvalue weighted by Gasteiger charge is -2.23. The van der Waals surface area contributed by atoms with Crippen LogP contribution in [0, 0.1) is 5.92 Å². The fourth-order valence-corrected chi connectivity index (χ4v) is 2.90. The van der Waals surface area contributed by atoms with Gasteiger partial charge in [-0.2, -0.15) is 0 Å². The molecule has 0 amide bonds. The third-order valence-electron chi connectivity index (χ3n) is 4.51. The van der Waals surface area contributed by atoms with E-state index in [0.29, 0.717) is 0 Å². The van der Waals surface area contributed by atoms with Crippen LogP contribution in [0.15, 0.2) is 47.1 Å². The summed E-state index contributed by atoms with van der Waals surface area (Å²) >= 11 is 0. The smallest absolute Gasteiger partial charge is 0.0789 e. The summed E-state index contributed by atoms with van der Waals surface area (Å²) in [5.41, 5.74) is 4.73. The molecule has 0 fully saturated rings. The van der Waals surface area contributed by atoms with E-state index in [-0.39, 0.29) is 12.5 Å². The second-order valence-corrected chi connectivity index (χ2v) is 6.64. The molecule has 0 bridgehead atoms. The summed E-state index contributed by atoms with van der Waals surface area (Å²) in [6.07, 6.45) is 12.0. The Morgan fingerprint density at radius 2 is 1.59 bits per heavy atom. The van der Waals surface area contributed by atoms with Crippen LogP contribution in [0.1, 0.15) is 59.3 Å². The zero-order valence-electron chi connectivity index (χ0n) is 14.4. The summed E-state index contributed by atoms with van der Waals surface area (Å²) in [5.74, 6) is -0.0662. The second-order valence-electron chi connectivity index (χ2n) is 6.64. The van der Waals surface area contributed by atoms with E-state index >= 15 is 0 Å². The summed E-state index contributed by atoms with van der Waals surface area (Å²) in [4.78, 5) is 0. The van der Waals surface area contributed by atoms with E-state index in [1.54, 1.807) is 0 Å². The first-order valence-corrected chi connectivity index (χ1v) is 8.39. The lowest BCUT2D eigenvalue weighted by molar-refractivity contribution is 0.155. The molecule has 0 saturated carbocycles. The van der Waals surface area contributed by atoms with Crippen LogP contribution < -0.4 is 0 Å². The Balaban J connectivity index is 2.93. The Hall–Kier alpha value is -1.12. The SMILES string of the molecule is C=C(CO)[C@@H]1CC/C(C)=C\CC/C(C)=C\CC/C(C)=C\[C@@H]1O. The van der Waals surface area contributed by atoms with Gasteiger partial charge in [-0.05, 0) is 64.9 Å². The molecule has 22 heavy (non-hydrogen) atoms. The molecular weight excluding hydrogens is 272 g/mol. The molecule has 0 radical (unpaired) electrons. The minimum absolute atomic E-state index is 0.0562. The van der Waals surface area contributed by atoms with Gasteiger partial charge in [0.05, 0.1) is 12.7 Å². The molecule has 0 spiro atoms. The number of aliphatic hydroxyl groups is 2. The van der Waals surface area contributed by atoms with Gasteiger partial charge in [-0.3, -0.25) is 0 Å². The van der Waals surface area contributed by atoms with Crippen molar-refractivity contribution >= 4 is 0 Å². The highest BCUT2D eigenvalue weighted by Gasteiger charge is 2.20. The van der Waals surface area contributed by atoms with Crippen molar-refractivity contribution in [2.45, 2.75) is 65.4 Å². The normalized spacial score (nSPS) is 32.7. The molecule has 124 valence electrons. The van der Waals surface area contributed by atoms with Gasteiger partial charge in [-0.1, -0.05) is 41.5 Å². The van der Waals surface area contributed by atoms with Gasteiger partial charge in [-0.15, -0.1) is 0 Å². The summed E-state index contributed by atoms with van der Waals surface area (Å²) in [5, 5.41) is 19.9. The summed E-state index contributed by atoms with van der Waals surface area (Å²) < 4.78 is 0. The van der Waals surface area contributed by atoms with E-state index in [2.05, 4.69) is 39.5 Å². The van der Waals surface area contributed by atoms with Crippen LogP contribution in [0.5, 0.6) is 0 Å². The van der Waals surface area contributed by atoms with E-state index in [9.17, 15) is 10.2 Å². The van der Waals surface area contributed by atoms with E-state index < -0.39 is 6.10 Å². The van der Waals surface area contributed by atoms with Crippen LogP contribution in [-0.2, 0) is 0 Å². The predicted molar refractivity (Wildman–Crippen MR) is 94.7 cm³/mol. The zero-order chi connectivity index (χ0) is 16.5. The molecule has 0 aromatic carbocycles. The molecule has 0 aliphatic heterocycles. The average Bonchev–Trinajstić information content (AvgIpc) is 2.46. The Kier molecular flexibility index (Phi) is 8.44. The highest BCUT2D eigenvalue weighted by atomic mass is 16.3. The molecule has 2 atom stereocenters. The average molecular weight is 304 g/mol. The summed E-state index contributed by atoms with van der Waals surface area (Å²) in [7, 11) is 0. The van der Waals surface area contributed by atoms with E-state index in [1.807, 2.05) is 6.08 Å². The first-order valence-electron chi connectivity index (χ1n) is 8.39. The first-order chi connectivity index (χ1) is 10.4. The van der Waals surface area contributed by atoms with Crippen molar-refractivity contribution < 1.29 is 10.2 Å². The molecule has 0 saturated heterocycles. The third-order valence-corrected chi connectivity index (χ3v) is 4.51. The highest BCUT2D eigenvalue weighted by molar-refractivity contribution is 5.14. The molecule has 0 unspecified atom stereocenters. The van der Waals surface area contributed by atoms with Crippen LogP contribution in [0.4, 0.5) is 0 Å². The number of aliphatic hydroxyl groups excluding tert-OH is 2. The van der Waals surface area contributed by atoms with Crippen molar-refractivity contribution in [2.24, 2.45) is 5.92 Å². The molecule has 1 aliphatic carbocycles. The van der Waals surface area contributed by atoms with Gasteiger partial charge in [0.15, 0.2) is 0 Å². The molecule has 0 aromatic rings. The molecule has 2 N–H and O–H groups in total. The number of rotatable bonds is 2. The van der Waals surface area contributed by atoms with Crippen LogP contribution in [0.25, 0.3) is 0 Å². The van der Waals surface area contributed by atoms with E-state index in [4.69, 9.17) is 0 Å². The first kappa shape index (κ1) is 18.9. The fraction of sp³-hybridized carbons (Fsp3) is 0.600. The van der Waals surface area contributed by atoms with Crippen LogP contribution >= 0.6 is 0 Å². The van der Waals surface area contributed by atoms with Gasteiger partial charge in [0, 0.05) is 5.92 Å². The van der Waals surface area contributed by atoms with Crippen molar-refractivity contribution in [3.8, 4) is 0 Å². The Bertz CT molecular complexity index is 454. The van der Waals surface area contributed by atoms with Crippen molar-refractivity contribution in [3.05, 3.63) is 47.1 Å². The zero-order valence-corrected chi connectivity index (χ0v) is 14.4. The molecule has 2 nitrogen and oxygen atoms in total. The standard InChI is InChI=1S/C20H32O2/c1-15-7-5-9-16(2)11-12-19(18(4)14-21)20(22)13-17(3)10-6-8-15/h8-9,13,19-22H,4-7,10-12,14H2,1-3H3/b15-8-,16-9-,17-13-/t19-,20-/m0/s1. The van der Waals surface area contributed by atoms with E-state index in [1.165, 1.54) is 16.7 Å². The van der Waals surface area contributed by atoms with Gasteiger partial charge in [-0.25, -0.2) is 0 Å². The maximum absolute atomic E-state index is 10.5. The van der Waals surface area contributed by atoms with Crippen LogP contribution in [0.2, 0.25) is 0 Å². The Labute approximate surface area is 135 Å². The van der Waals surface area contributed by atoms with Crippen LogP contribution in [0.3, 0.4) is 0 Å². The van der Waals surface area contributed by atoms with Crippen molar-refractivity contribution in [1.29, 1.82) is 0 Å². The lowest BCUT2D eigenvalue weighted by atomic mass is 9.87. The van der Waals surface area contributed by atoms with Gasteiger partial charge in [0.1, 0.15) is 0 Å². The largest absolute Gasteiger partial charge is 0.392 e. The second kappa shape index (κ2) is 9.81. The molecule has 2 heteroatoms. The summed E-state index contributed by atoms with van der Waals surface area (Å²) in [6.45, 7) is 10.3. The minimum Gasteiger partial charge on any atom is -0.392 e.